The predicted molar refractivity (Wildman–Crippen MR) is 73.2 cm³/mol. The zero-order valence-corrected chi connectivity index (χ0v) is 11.7. The Morgan fingerprint density at radius 1 is 1.42 bits per heavy atom. The lowest BCUT2D eigenvalue weighted by molar-refractivity contribution is -0.0728. The van der Waals surface area contributed by atoms with Gasteiger partial charge in [-0.05, 0) is 12.0 Å². The average Bonchev–Trinajstić information content (AvgIpc) is 2.42. The van der Waals surface area contributed by atoms with Gasteiger partial charge in [-0.3, -0.25) is 10.0 Å². The monoisotopic (exact) mass is 284 g/mol. The van der Waals surface area contributed by atoms with E-state index in [2.05, 4.69) is 9.99 Å². The highest BCUT2D eigenvalue weighted by Crippen LogP contribution is 2.04. The number of benzene rings is 1. The van der Waals surface area contributed by atoms with Crippen molar-refractivity contribution in [3.63, 3.8) is 0 Å². The Morgan fingerprint density at radius 2 is 2.05 bits per heavy atom. The summed E-state index contributed by atoms with van der Waals surface area (Å²) >= 11 is 5.71. The number of nitrogens with zero attached hydrogens (tertiary/aromatic N) is 2. The molecular weight excluding hydrogens is 268 g/mol. The molecule has 0 aliphatic heterocycles. The van der Waals surface area contributed by atoms with Crippen molar-refractivity contribution in [3.8, 4) is 0 Å². The number of hydrogen-bond donors (Lipinski definition) is 1. The first kappa shape index (κ1) is 15.5. The predicted octanol–water partition coefficient (Wildman–Crippen LogP) is 3.27. The van der Waals surface area contributed by atoms with Gasteiger partial charge in [0.15, 0.2) is 0 Å². The number of hydroxylamine groups is 2. The second kappa shape index (κ2) is 7.76. The minimum absolute atomic E-state index is 0.0362. The quantitative estimate of drug-likeness (QED) is 0.391. The van der Waals surface area contributed by atoms with Crippen LogP contribution in [-0.2, 0) is 11.3 Å². The Hall–Kier alpha value is -1.59. The summed E-state index contributed by atoms with van der Waals surface area (Å²) in [7, 11) is 0. The number of oxime groups is 1. The molecule has 0 radical (unpaired) electrons. The van der Waals surface area contributed by atoms with E-state index in [0.717, 1.165) is 5.56 Å². The van der Waals surface area contributed by atoms with Crippen LogP contribution in [0.2, 0.25) is 0 Å². The summed E-state index contributed by atoms with van der Waals surface area (Å²) < 4.78 is 0. The number of hydrogen-bond acceptors (Lipinski definition) is 4. The standard InChI is InChI=1S/C13H17ClN2O3/c1-10(2)12(14)15-19-13(17)16(18)9-8-11-6-4-3-5-7-11/h3-7,10,18H,8-9H2,1-2H3. The van der Waals surface area contributed by atoms with E-state index in [9.17, 15) is 10.0 Å². The van der Waals surface area contributed by atoms with Crippen LogP contribution in [0.4, 0.5) is 4.79 Å². The van der Waals surface area contributed by atoms with Crippen LogP contribution in [0, 0.1) is 5.92 Å². The number of halogens is 1. The summed E-state index contributed by atoms with van der Waals surface area (Å²) in [4.78, 5) is 15.9. The van der Waals surface area contributed by atoms with Crippen molar-refractivity contribution in [2.24, 2.45) is 11.1 Å². The van der Waals surface area contributed by atoms with Crippen molar-refractivity contribution in [2.45, 2.75) is 20.3 Å². The van der Waals surface area contributed by atoms with Crippen LogP contribution in [0.1, 0.15) is 19.4 Å². The lowest BCUT2D eigenvalue weighted by Crippen LogP contribution is -2.29. The zero-order chi connectivity index (χ0) is 14.3. The van der Waals surface area contributed by atoms with E-state index < -0.39 is 6.09 Å². The maximum absolute atomic E-state index is 11.4. The van der Waals surface area contributed by atoms with Gasteiger partial charge >= 0.3 is 6.09 Å². The molecule has 0 saturated carbocycles. The van der Waals surface area contributed by atoms with Gasteiger partial charge in [0, 0.05) is 5.92 Å². The molecule has 0 aromatic heterocycles. The molecule has 6 heteroatoms. The fraction of sp³-hybridized carbons (Fsp3) is 0.385. The molecule has 0 bridgehead atoms. The summed E-state index contributed by atoms with van der Waals surface area (Å²) in [5.74, 6) is -0.0362. The lowest BCUT2D eigenvalue weighted by atomic mass is 10.1. The first-order chi connectivity index (χ1) is 9.00. The van der Waals surface area contributed by atoms with Gasteiger partial charge in [0.05, 0.1) is 6.54 Å². The molecule has 1 amide bonds. The SMILES string of the molecule is CC(C)C(Cl)=NOC(=O)N(O)CCc1ccccc1. The Kier molecular flexibility index (Phi) is 6.32. The summed E-state index contributed by atoms with van der Waals surface area (Å²) in [6.45, 7) is 3.75. The number of carbonyl (C=O) groups excluding carboxylic acids is 1. The topological polar surface area (TPSA) is 62.1 Å². The summed E-state index contributed by atoms with van der Waals surface area (Å²) in [6, 6.07) is 9.50. The maximum Gasteiger partial charge on any atom is 0.459 e. The highest BCUT2D eigenvalue weighted by atomic mass is 35.5. The molecule has 0 atom stereocenters. The molecule has 1 aromatic rings. The maximum atomic E-state index is 11.4. The van der Waals surface area contributed by atoms with E-state index in [4.69, 9.17) is 11.6 Å². The second-order valence-electron chi connectivity index (χ2n) is 4.28. The van der Waals surface area contributed by atoms with Crippen molar-refractivity contribution in [1.29, 1.82) is 0 Å². The third-order valence-corrected chi connectivity index (χ3v) is 2.86. The van der Waals surface area contributed by atoms with Gasteiger partial charge < -0.3 is 0 Å². The summed E-state index contributed by atoms with van der Waals surface area (Å²) in [5.41, 5.74) is 1.01. The van der Waals surface area contributed by atoms with Crippen LogP contribution in [0.5, 0.6) is 0 Å². The molecule has 1 rings (SSSR count). The number of rotatable bonds is 5. The Balaban J connectivity index is 2.39. The Bertz CT molecular complexity index is 435. The minimum atomic E-state index is -0.949. The molecule has 0 aliphatic rings. The Morgan fingerprint density at radius 3 is 2.63 bits per heavy atom. The summed E-state index contributed by atoms with van der Waals surface area (Å²) in [6.07, 6.45) is -0.427. The van der Waals surface area contributed by atoms with Crippen molar-refractivity contribution in [3.05, 3.63) is 35.9 Å². The van der Waals surface area contributed by atoms with Crippen LogP contribution in [-0.4, -0.2) is 28.1 Å². The van der Waals surface area contributed by atoms with E-state index in [0.29, 0.717) is 11.5 Å². The third-order valence-electron chi connectivity index (χ3n) is 2.35. The highest BCUT2D eigenvalue weighted by molar-refractivity contribution is 6.65. The smallest absolute Gasteiger partial charge is 0.295 e. The van der Waals surface area contributed by atoms with Gasteiger partial charge in [-0.15, -0.1) is 0 Å². The Labute approximate surface area is 117 Å². The fourth-order valence-corrected chi connectivity index (χ4v) is 1.24. The molecule has 0 spiro atoms. The molecule has 0 fully saturated rings. The van der Waals surface area contributed by atoms with Crippen molar-refractivity contribution in [2.75, 3.05) is 6.54 Å². The lowest BCUT2D eigenvalue weighted by Gasteiger charge is -2.12. The molecule has 1 aromatic carbocycles. The normalized spacial score (nSPS) is 11.5. The van der Waals surface area contributed by atoms with E-state index in [1.165, 1.54) is 0 Å². The van der Waals surface area contributed by atoms with Gasteiger partial charge in [-0.25, -0.2) is 4.79 Å². The van der Waals surface area contributed by atoms with E-state index in [1.807, 2.05) is 44.2 Å². The van der Waals surface area contributed by atoms with Gasteiger partial charge in [-0.2, -0.15) is 5.06 Å². The average molecular weight is 285 g/mol. The van der Waals surface area contributed by atoms with Crippen LogP contribution < -0.4 is 0 Å². The molecule has 0 heterocycles. The van der Waals surface area contributed by atoms with Crippen LogP contribution >= 0.6 is 11.6 Å². The fourth-order valence-electron chi connectivity index (χ4n) is 1.21. The first-order valence-corrected chi connectivity index (χ1v) is 6.33. The van der Waals surface area contributed by atoms with Gasteiger partial charge in [0.1, 0.15) is 5.17 Å². The number of carbonyl (C=O) groups is 1. The molecule has 5 nitrogen and oxygen atoms in total. The van der Waals surface area contributed by atoms with E-state index in [1.54, 1.807) is 0 Å². The molecule has 0 saturated heterocycles. The third kappa shape index (κ3) is 5.72. The minimum Gasteiger partial charge on any atom is -0.295 e. The highest BCUT2D eigenvalue weighted by Gasteiger charge is 2.13. The van der Waals surface area contributed by atoms with Gasteiger partial charge in [0.2, 0.25) is 0 Å². The first-order valence-electron chi connectivity index (χ1n) is 5.95. The number of amides is 1. The van der Waals surface area contributed by atoms with E-state index in [-0.39, 0.29) is 17.6 Å². The van der Waals surface area contributed by atoms with Crippen molar-refractivity contribution in [1.82, 2.24) is 5.06 Å². The second-order valence-corrected chi connectivity index (χ2v) is 4.67. The van der Waals surface area contributed by atoms with Crippen LogP contribution in [0.3, 0.4) is 0 Å². The largest absolute Gasteiger partial charge is 0.459 e. The molecular formula is C13H17ClN2O3. The molecule has 0 aliphatic carbocycles. The van der Waals surface area contributed by atoms with Gasteiger partial charge in [0.25, 0.3) is 0 Å². The zero-order valence-electron chi connectivity index (χ0n) is 10.9. The summed E-state index contributed by atoms with van der Waals surface area (Å²) in [5, 5.41) is 13.6. The van der Waals surface area contributed by atoms with Crippen molar-refractivity contribution >= 4 is 22.9 Å². The molecule has 104 valence electrons. The molecule has 0 unspecified atom stereocenters. The van der Waals surface area contributed by atoms with Crippen LogP contribution in [0.15, 0.2) is 35.5 Å². The van der Waals surface area contributed by atoms with E-state index >= 15 is 0 Å². The molecule has 19 heavy (non-hydrogen) atoms. The van der Waals surface area contributed by atoms with Crippen molar-refractivity contribution < 1.29 is 14.8 Å². The van der Waals surface area contributed by atoms with Crippen LogP contribution in [0.25, 0.3) is 0 Å². The van der Waals surface area contributed by atoms with Gasteiger partial charge in [-0.1, -0.05) is 60.9 Å². The molecule has 1 N–H and O–H groups in total.